The van der Waals surface area contributed by atoms with Gasteiger partial charge in [0.2, 0.25) is 0 Å². The van der Waals surface area contributed by atoms with E-state index in [1.807, 2.05) is 38.1 Å². The van der Waals surface area contributed by atoms with Crippen LogP contribution in [0.4, 0.5) is 10.5 Å². The molecule has 0 saturated heterocycles. The molecule has 190 valence electrons. The number of esters is 1. The van der Waals surface area contributed by atoms with Crippen LogP contribution >= 0.6 is 0 Å². The van der Waals surface area contributed by atoms with Crippen LogP contribution in [-0.4, -0.2) is 48.8 Å². The predicted molar refractivity (Wildman–Crippen MR) is 135 cm³/mol. The van der Waals surface area contributed by atoms with Gasteiger partial charge in [-0.1, -0.05) is 12.1 Å². The van der Waals surface area contributed by atoms with Crippen LogP contribution in [-0.2, 0) is 17.8 Å². The number of urea groups is 1. The lowest BCUT2D eigenvalue weighted by atomic mass is 10.1. The number of carbonyl (C=O) groups is 2. The fourth-order valence-electron chi connectivity index (χ4n) is 4.10. The zero-order valence-electron chi connectivity index (χ0n) is 21.0. The molecule has 3 aromatic rings. The number of anilines is 1. The number of hydrogen-bond acceptors (Lipinski definition) is 6. The number of methoxy groups -OCH3 is 1. The van der Waals surface area contributed by atoms with E-state index in [4.69, 9.17) is 18.9 Å². The van der Waals surface area contributed by atoms with Gasteiger partial charge in [-0.25, -0.2) is 9.59 Å². The Morgan fingerprint density at radius 1 is 1.03 bits per heavy atom. The largest absolute Gasteiger partial charge is 0.497 e. The van der Waals surface area contributed by atoms with Crippen molar-refractivity contribution in [2.75, 3.05) is 32.2 Å². The average molecular weight is 494 g/mol. The Morgan fingerprint density at radius 3 is 2.44 bits per heavy atom. The highest BCUT2D eigenvalue weighted by Crippen LogP contribution is 2.33. The molecule has 0 aliphatic carbocycles. The average Bonchev–Trinajstić information content (AvgIpc) is 3.17. The number of amides is 2. The third kappa shape index (κ3) is 5.56. The normalized spacial score (nSPS) is 12.1. The number of ether oxygens (including phenoxy) is 4. The number of aromatic nitrogens is 1. The number of hydrogen-bond donors (Lipinski definition) is 2. The topological polar surface area (TPSA) is 102 Å². The molecule has 0 unspecified atom stereocenters. The zero-order valence-corrected chi connectivity index (χ0v) is 21.0. The summed E-state index contributed by atoms with van der Waals surface area (Å²) in [7, 11) is 1.61. The molecule has 9 nitrogen and oxygen atoms in total. The zero-order chi connectivity index (χ0) is 25.7. The van der Waals surface area contributed by atoms with E-state index in [9.17, 15) is 9.59 Å². The third-order valence-corrected chi connectivity index (χ3v) is 6.03. The molecule has 2 aromatic carbocycles. The van der Waals surface area contributed by atoms with Crippen molar-refractivity contribution < 1.29 is 28.5 Å². The van der Waals surface area contributed by atoms with Crippen LogP contribution in [0, 0.1) is 13.8 Å². The summed E-state index contributed by atoms with van der Waals surface area (Å²) in [6.07, 6.45) is 0. The lowest BCUT2D eigenvalue weighted by molar-refractivity contribution is 0.0519. The van der Waals surface area contributed by atoms with E-state index >= 15 is 0 Å². The molecule has 2 amide bonds. The molecule has 9 heteroatoms. The van der Waals surface area contributed by atoms with Crippen molar-refractivity contribution >= 4 is 17.7 Å². The first-order chi connectivity index (χ1) is 17.4. The van der Waals surface area contributed by atoms with Crippen LogP contribution < -0.4 is 19.5 Å². The SMILES string of the molecule is CCOC(=O)c1[nH]c(C)c(CN(Cc2ccc(OC)cc2)C(=O)Nc2ccc3c(c2)OCCO3)c1C. The highest BCUT2D eigenvalue weighted by atomic mass is 16.6. The second-order valence-electron chi connectivity index (χ2n) is 8.44. The van der Waals surface area contributed by atoms with Crippen LogP contribution in [0.5, 0.6) is 17.2 Å². The summed E-state index contributed by atoms with van der Waals surface area (Å²) >= 11 is 0. The van der Waals surface area contributed by atoms with Crippen LogP contribution in [0.15, 0.2) is 42.5 Å². The highest BCUT2D eigenvalue weighted by Gasteiger charge is 2.23. The van der Waals surface area contributed by atoms with Crippen molar-refractivity contribution in [2.24, 2.45) is 0 Å². The maximum absolute atomic E-state index is 13.5. The number of benzene rings is 2. The molecule has 1 aliphatic heterocycles. The summed E-state index contributed by atoms with van der Waals surface area (Å²) in [5, 5.41) is 2.97. The van der Waals surface area contributed by atoms with Crippen molar-refractivity contribution in [3.05, 3.63) is 70.5 Å². The monoisotopic (exact) mass is 493 g/mol. The lowest BCUT2D eigenvalue weighted by Gasteiger charge is -2.25. The number of carbonyl (C=O) groups excluding carboxylic acids is 2. The first kappa shape index (κ1) is 25.0. The van der Waals surface area contributed by atoms with E-state index in [2.05, 4.69) is 10.3 Å². The van der Waals surface area contributed by atoms with Gasteiger partial charge >= 0.3 is 12.0 Å². The number of nitrogens with zero attached hydrogens (tertiary/aromatic N) is 1. The Hall–Kier alpha value is -4.14. The first-order valence-corrected chi connectivity index (χ1v) is 11.8. The first-order valence-electron chi connectivity index (χ1n) is 11.8. The Morgan fingerprint density at radius 2 is 1.75 bits per heavy atom. The lowest BCUT2D eigenvalue weighted by Crippen LogP contribution is -2.34. The molecule has 4 rings (SSSR count). The second-order valence-corrected chi connectivity index (χ2v) is 8.44. The molecular formula is C27H31N3O6. The van der Waals surface area contributed by atoms with Gasteiger partial charge in [0.05, 0.1) is 13.7 Å². The van der Waals surface area contributed by atoms with Crippen LogP contribution in [0.3, 0.4) is 0 Å². The van der Waals surface area contributed by atoms with E-state index in [0.717, 1.165) is 28.1 Å². The molecule has 0 bridgehead atoms. The van der Waals surface area contributed by atoms with E-state index in [1.165, 1.54) is 0 Å². The minimum atomic E-state index is -0.410. The van der Waals surface area contributed by atoms with E-state index < -0.39 is 5.97 Å². The van der Waals surface area contributed by atoms with Gasteiger partial charge in [-0.05, 0) is 61.7 Å². The number of fused-ring (bicyclic) bond motifs is 1. The molecule has 0 spiro atoms. The molecular weight excluding hydrogens is 462 g/mol. The summed E-state index contributed by atoms with van der Waals surface area (Å²) in [6.45, 7) is 7.39. The smallest absolute Gasteiger partial charge is 0.355 e. The molecule has 0 saturated carbocycles. The van der Waals surface area contributed by atoms with E-state index in [1.54, 1.807) is 37.1 Å². The molecule has 2 heterocycles. The summed E-state index contributed by atoms with van der Waals surface area (Å²) in [4.78, 5) is 30.7. The van der Waals surface area contributed by atoms with Gasteiger partial charge in [-0.2, -0.15) is 0 Å². The maximum Gasteiger partial charge on any atom is 0.355 e. The Bertz CT molecular complexity index is 1240. The van der Waals surface area contributed by atoms with E-state index in [0.29, 0.717) is 42.6 Å². The van der Waals surface area contributed by atoms with Gasteiger partial charge in [-0.3, -0.25) is 0 Å². The predicted octanol–water partition coefficient (Wildman–Crippen LogP) is 4.82. The second kappa shape index (κ2) is 11.1. The number of aryl methyl sites for hydroxylation is 1. The van der Waals surface area contributed by atoms with Crippen LogP contribution in [0.1, 0.15) is 39.8 Å². The van der Waals surface area contributed by atoms with Gasteiger partial charge in [0, 0.05) is 30.5 Å². The molecule has 2 N–H and O–H groups in total. The van der Waals surface area contributed by atoms with Crippen molar-refractivity contribution in [1.29, 1.82) is 0 Å². The Kier molecular flexibility index (Phi) is 7.68. The van der Waals surface area contributed by atoms with Gasteiger partial charge in [0.1, 0.15) is 24.7 Å². The molecule has 1 aliphatic rings. The van der Waals surface area contributed by atoms with Crippen molar-refractivity contribution in [1.82, 2.24) is 9.88 Å². The Labute approximate surface area is 210 Å². The number of aromatic amines is 1. The number of nitrogens with one attached hydrogen (secondary N) is 2. The van der Waals surface area contributed by atoms with Crippen LogP contribution in [0.2, 0.25) is 0 Å². The molecule has 0 radical (unpaired) electrons. The quantitative estimate of drug-likeness (QED) is 0.436. The van der Waals surface area contributed by atoms with Crippen molar-refractivity contribution in [2.45, 2.75) is 33.9 Å². The summed E-state index contributed by atoms with van der Waals surface area (Å²) < 4.78 is 21.6. The maximum atomic E-state index is 13.5. The van der Waals surface area contributed by atoms with Crippen molar-refractivity contribution in [3.8, 4) is 17.2 Å². The summed E-state index contributed by atoms with van der Waals surface area (Å²) in [5.41, 5.74) is 4.37. The fourth-order valence-corrected chi connectivity index (χ4v) is 4.10. The van der Waals surface area contributed by atoms with Gasteiger partial charge in [0.15, 0.2) is 11.5 Å². The van der Waals surface area contributed by atoms with Gasteiger partial charge in [0.25, 0.3) is 0 Å². The number of H-pyrrole nitrogens is 1. The summed E-state index contributed by atoms with van der Waals surface area (Å²) in [5.74, 6) is 1.57. The third-order valence-electron chi connectivity index (χ3n) is 6.03. The van der Waals surface area contributed by atoms with Gasteiger partial charge < -0.3 is 34.1 Å². The minimum absolute atomic E-state index is 0.285. The molecule has 36 heavy (non-hydrogen) atoms. The summed E-state index contributed by atoms with van der Waals surface area (Å²) in [6, 6.07) is 12.6. The molecule has 0 atom stereocenters. The van der Waals surface area contributed by atoms with Crippen molar-refractivity contribution in [3.63, 3.8) is 0 Å². The van der Waals surface area contributed by atoms with E-state index in [-0.39, 0.29) is 19.2 Å². The minimum Gasteiger partial charge on any atom is -0.497 e. The molecule has 0 fully saturated rings. The standard InChI is InChI=1S/C27H31N3O6/c1-5-34-26(31)25-17(2)22(18(3)28-25)16-30(15-19-6-9-21(33-4)10-7-19)27(32)29-20-8-11-23-24(14-20)36-13-12-35-23/h6-11,14,28H,5,12-13,15-16H2,1-4H3,(H,29,32). The fraction of sp³-hybridized carbons (Fsp3) is 0.333. The highest BCUT2D eigenvalue weighted by molar-refractivity contribution is 5.91. The molecule has 1 aromatic heterocycles. The van der Waals surface area contributed by atoms with Crippen LogP contribution in [0.25, 0.3) is 0 Å². The number of rotatable bonds is 8. The Balaban J connectivity index is 1.59. The van der Waals surface area contributed by atoms with Gasteiger partial charge in [-0.15, -0.1) is 0 Å².